The maximum Gasteiger partial charge on any atom is 1.00 e. The molecule has 0 aliphatic heterocycles. The van der Waals surface area contributed by atoms with Crippen molar-refractivity contribution in [3.8, 4) is 5.88 Å². The first-order valence-electron chi connectivity index (χ1n) is 5.49. The van der Waals surface area contributed by atoms with Crippen LogP contribution in [0.1, 0.15) is 11.8 Å². The summed E-state index contributed by atoms with van der Waals surface area (Å²) in [6.45, 7) is 1.63. The Morgan fingerprint density at radius 1 is 1.39 bits per heavy atom. The van der Waals surface area contributed by atoms with Crippen LogP contribution in [0.25, 0.3) is 0 Å². The first-order valence-corrected chi connectivity index (χ1v) is 5.49. The van der Waals surface area contributed by atoms with Gasteiger partial charge < -0.3 is 14.7 Å². The standard InChI is InChI=1S/C12H20N3O2.Li/c1-14(2)8-9-15(3)12(16)10-6-5-7-13-11(10)17-4;/h6-7,12,16H,8-9H2,1-4H3;/q-1;+1. The molecule has 1 atom stereocenters. The molecule has 0 bridgehead atoms. The maximum absolute atomic E-state index is 10.2. The van der Waals surface area contributed by atoms with Gasteiger partial charge in [-0.15, -0.1) is 0 Å². The summed E-state index contributed by atoms with van der Waals surface area (Å²) in [6, 6.07) is 4.55. The van der Waals surface area contributed by atoms with Crippen molar-refractivity contribution in [1.29, 1.82) is 0 Å². The largest absolute Gasteiger partial charge is 1.00 e. The smallest absolute Gasteiger partial charge is 0.496 e. The molecule has 0 saturated carbocycles. The number of ether oxygens (including phenoxy) is 1. The number of methoxy groups -OCH3 is 1. The Kier molecular flexibility index (Phi) is 8.24. The van der Waals surface area contributed by atoms with E-state index in [0.29, 0.717) is 11.4 Å². The van der Waals surface area contributed by atoms with E-state index in [4.69, 9.17) is 4.74 Å². The predicted molar refractivity (Wildman–Crippen MR) is 65.8 cm³/mol. The van der Waals surface area contributed by atoms with Gasteiger partial charge in [0.2, 0.25) is 0 Å². The fourth-order valence-corrected chi connectivity index (χ4v) is 1.43. The van der Waals surface area contributed by atoms with E-state index in [-0.39, 0.29) is 18.9 Å². The van der Waals surface area contributed by atoms with Crippen LogP contribution in [0.3, 0.4) is 0 Å². The van der Waals surface area contributed by atoms with Crippen molar-refractivity contribution in [3.05, 3.63) is 23.9 Å². The SMILES string of the molecule is COc1nc[c-]cc1C(O)N(C)CCN(C)C.[Li+]. The molecule has 96 valence electrons. The van der Waals surface area contributed by atoms with Gasteiger partial charge in [0, 0.05) is 13.1 Å². The second-order valence-electron chi connectivity index (χ2n) is 4.19. The zero-order valence-electron chi connectivity index (χ0n) is 11.8. The van der Waals surface area contributed by atoms with Crippen LogP contribution >= 0.6 is 0 Å². The van der Waals surface area contributed by atoms with Crippen LogP contribution < -0.4 is 23.6 Å². The number of rotatable bonds is 6. The summed E-state index contributed by atoms with van der Waals surface area (Å²) in [5.41, 5.74) is 0.635. The summed E-state index contributed by atoms with van der Waals surface area (Å²) in [7, 11) is 7.40. The van der Waals surface area contributed by atoms with Crippen LogP contribution in [0.15, 0.2) is 12.3 Å². The van der Waals surface area contributed by atoms with Crippen LogP contribution in [0.2, 0.25) is 0 Å². The van der Waals surface area contributed by atoms with Gasteiger partial charge in [0.25, 0.3) is 0 Å². The Labute approximate surface area is 121 Å². The molecule has 1 aromatic heterocycles. The molecular formula is C12H20LiN3O2. The molecule has 1 N–H and O–H groups in total. The van der Waals surface area contributed by atoms with Crippen molar-refractivity contribution in [2.75, 3.05) is 41.3 Å². The van der Waals surface area contributed by atoms with Crippen LogP contribution in [0, 0.1) is 6.07 Å². The van der Waals surface area contributed by atoms with Crippen molar-refractivity contribution in [2.24, 2.45) is 0 Å². The van der Waals surface area contributed by atoms with E-state index in [9.17, 15) is 5.11 Å². The topological polar surface area (TPSA) is 48.8 Å². The van der Waals surface area contributed by atoms with E-state index in [1.165, 1.54) is 6.20 Å². The summed E-state index contributed by atoms with van der Waals surface area (Å²) < 4.78 is 5.11. The van der Waals surface area contributed by atoms with Gasteiger partial charge in [0.05, 0.1) is 13.3 Å². The number of aliphatic hydroxyl groups excluding tert-OH is 1. The molecule has 0 spiro atoms. The van der Waals surface area contributed by atoms with Crippen molar-refractivity contribution in [1.82, 2.24) is 14.8 Å². The molecule has 1 aromatic rings. The third-order valence-electron chi connectivity index (χ3n) is 2.53. The molecule has 1 rings (SSSR count). The van der Waals surface area contributed by atoms with E-state index in [0.717, 1.165) is 13.1 Å². The Morgan fingerprint density at radius 3 is 2.61 bits per heavy atom. The fraction of sp³-hybridized carbons (Fsp3) is 0.583. The van der Waals surface area contributed by atoms with Crippen molar-refractivity contribution < 1.29 is 28.7 Å². The summed E-state index contributed by atoms with van der Waals surface area (Å²) in [4.78, 5) is 7.93. The second-order valence-corrected chi connectivity index (χ2v) is 4.19. The van der Waals surface area contributed by atoms with Crippen LogP contribution in [-0.4, -0.2) is 61.2 Å². The third kappa shape index (κ3) is 4.97. The minimum atomic E-state index is -0.727. The van der Waals surface area contributed by atoms with E-state index in [2.05, 4.69) is 16.0 Å². The molecule has 6 heteroatoms. The van der Waals surface area contributed by atoms with Gasteiger partial charge in [-0.1, -0.05) is 11.8 Å². The second kappa shape index (κ2) is 8.52. The van der Waals surface area contributed by atoms with E-state index in [1.54, 1.807) is 13.2 Å². The van der Waals surface area contributed by atoms with Gasteiger partial charge >= 0.3 is 18.9 Å². The number of hydrogen-bond donors (Lipinski definition) is 1. The van der Waals surface area contributed by atoms with Crippen LogP contribution in [0.4, 0.5) is 0 Å². The number of pyridine rings is 1. The molecule has 0 fully saturated rings. The van der Waals surface area contributed by atoms with E-state index < -0.39 is 6.23 Å². The van der Waals surface area contributed by atoms with Crippen LogP contribution in [-0.2, 0) is 0 Å². The summed E-state index contributed by atoms with van der Waals surface area (Å²) >= 11 is 0. The van der Waals surface area contributed by atoms with Gasteiger partial charge in [-0.3, -0.25) is 9.88 Å². The molecule has 1 unspecified atom stereocenters. The average molecular weight is 245 g/mol. The third-order valence-corrected chi connectivity index (χ3v) is 2.53. The molecule has 0 saturated heterocycles. The molecule has 0 amide bonds. The van der Waals surface area contributed by atoms with Gasteiger partial charge in [0.1, 0.15) is 5.88 Å². The number of likely N-dealkylation sites (N-methyl/N-ethyl adjacent to an activating group) is 2. The zero-order chi connectivity index (χ0) is 12.8. The normalized spacial score (nSPS) is 12.4. The molecule has 18 heavy (non-hydrogen) atoms. The van der Waals surface area contributed by atoms with E-state index >= 15 is 0 Å². The first kappa shape index (κ1) is 17.4. The van der Waals surface area contributed by atoms with Crippen molar-refractivity contribution in [2.45, 2.75) is 6.23 Å². The number of aromatic nitrogens is 1. The van der Waals surface area contributed by atoms with Gasteiger partial charge in [-0.25, -0.2) is 12.1 Å². The Morgan fingerprint density at radius 2 is 2.06 bits per heavy atom. The molecule has 0 radical (unpaired) electrons. The Balaban J connectivity index is 0.00000289. The molecule has 0 aliphatic rings. The van der Waals surface area contributed by atoms with Crippen molar-refractivity contribution >= 4 is 0 Å². The molecule has 0 aliphatic carbocycles. The molecule has 1 heterocycles. The summed E-state index contributed by atoms with van der Waals surface area (Å²) in [5.74, 6) is 0.438. The number of nitrogens with zero attached hydrogens (tertiary/aromatic N) is 3. The monoisotopic (exact) mass is 245 g/mol. The van der Waals surface area contributed by atoms with Gasteiger partial charge in [-0.2, -0.15) is 0 Å². The number of hydrogen-bond acceptors (Lipinski definition) is 5. The maximum atomic E-state index is 10.2. The van der Waals surface area contributed by atoms with Crippen LogP contribution in [0.5, 0.6) is 5.88 Å². The van der Waals surface area contributed by atoms with E-state index in [1.807, 2.05) is 26.0 Å². The predicted octanol–water partition coefficient (Wildman–Crippen LogP) is -2.62. The molecular weight excluding hydrogens is 225 g/mol. The minimum absolute atomic E-state index is 0. The minimum Gasteiger partial charge on any atom is -0.496 e. The first-order chi connectivity index (χ1) is 8.06. The zero-order valence-corrected chi connectivity index (χ0v) is 11.8. The summed E-state index contributed by atoms with van der Waals surface area (Å²) in [6.07, 6.45) is 0.796. The molecule has 0 aromatic carbocycles. The fourth-order valence-electron chi connectivity index (χ4n) is 1.43. The Hall–Kier alpha value is -0.573. The quantitative estimate of drug-likeness (QED) is 0.338. The average Bonchev–Trinajstić information content (AvgIpc) is 2.34. The Bertz CT molecular complexity index is 350. The number of aliphatic hydroxyl groups is 1. The van der Waals surface area contributed by atoms with Crippen molar-refractivity contribution in [3.63, 3.8) is 0 Å². The molecule has 5 nitrogen and oxygen atoms in total. The van der Waals surface area contributed by atoms with Gasteiger partial charge in [-0.05, 0) is 21.1 Å². The van der Waals surface area contributed by atoms with Gasteiger partial charge in [0.15, 0.2) is 0 Å². The summed E-state index contributed by atoms with van der Waals surface area (Å²) in [5, 5.41) is 10.2.